The van der Waals surface area contributed by atoms with E-state index in [1.807, 2.05) is 0 Å². The van der Waals surface area contributed by atoms with Gasteiger partial charge in [0.2, 0.25) is 0 Å². The SMILES string of the molecule is [Pb][C]1=CC=CCC1. The summed E-state index contributed by atoms with van der Waals surface area (Å²) in [6, 6.07) is 0. The van der Waals surface area contributed by atoms with Crippen molar-refractivity contribution in [1.82, 2.24) is 0 Å². The first-order chi connectivity index (χ1) is 3.39. The molecule has 1 aliphatic carbocycles. The van der Waals surface area contributed by atoms with Gasteiger partial charge in [-0.2, -0.15) is 0 Å². The molecule has 0 nitrogen and oxygen atoms in total. The van der Waals surface area contributed by atoms with E-state index in [0.29, 0.717) is 0 Å². The van der Waals surface area contributed by atoms with Gasteiger partial charge in [-0.3, -0.25) is 0 Å². The van der Waals surface area contributed by atoms with E-state index < -0.39 is 0 Å². The van der Waals surface area contributed by atoms with Crippen LogP contribution in [-0.4, -0.2) is 25.8 Å². The van der Waals surface area contributed by atoms with Gasteiger partial charge in [0, 0.05) is 0 Å². The van der Waals surface area contributed by atoms with Gasteiger partial charge >= 0.3 is 60.0 Å². The Bertz CT molecular complexity index is 111. The molecule has 0 heterocycles. The maximum atomic E-state index is 2.23. The Balaban J connectivity index is 2.57. The molecule has 0 aromatic heterocycles. The number of hydrogen-bond acceptors (Lipinski definition) is 0. The van der Waals surface area contributed by atoms with Crippen molar-refractivity contribution >= 4 is 25.8 Å². The molecule has 0 saturated carbocycles. The molecule has 0 aromatic carbocycles. The Morgan fingerprint density at radius 1 is 1.57 bits per heavy atom. The monoisotopic (exact) mass is 287 g/mol. The van der Waals surface area contributed by atoms with Crippen molar-refractivity contribution in [2.24, 2.45) is 0 Å². The molecular formula is C6H7Pb. The van der Waals surface area contributed by atoms with Crippen LogP contribution in [-0.2, 0) is 0 Å². The fourth-order valence-corrected chi connectivity index (χ4v) is 1.54. The summed E-state index contributed by atoms with van der Waals surface area (Å²) in [6.07, 6.45) is 9.21. The van der Waals surface area contributed by atoms with Crippen LogP contribution in [0.4, 0.5) is 0 Å². The summed E-state index contributed by atoms with van der Waals surface area (Å²) in [4.78, 5) is 0. The molecule has 0 spiro atoms. The second-order valence-corrected chi connectivity index (χ2v) is 4.16. The van der Waals surface area contributed by atoms with Gasteiger partial charge < -0.3 is 0 Å². The molecular weight excluding hydrogens is 279 g/mol. The van der Waals surface area contributed by atoms with Crippen LogP contribution in [0, 0.1) is 0 Å². The van der Waals surface area contributed by atoms with Gasteiger partial charge in [-0.25, -0.2) is 0 Å². The van der Waals surface area contributed by atoms with Gasteiger partial charge in [0.25, 0.3) is 0 Å². The molecule has 3 radical (unpaired) electrons. The van der Waals surface area contributed by atoms with E-state index >= 15 is 0 Å². The van der Waals surface area contributed by atoms with Gasteiger partial charge in [-0.1, -0.05) is 0 Å². The summed E-state index contributed by atoms with van der Waals surface area (Å²) in [5, 5.41) is 0. The van der Waals surface area contributed by atoms with E-state index in [9.17, 15) is 0 Å². The summed E-state index contributed by atoms with van der Waals surface area (Å²) in [7, 11) is 0. The van der Waals surface area contributed by atoms with Crippen molar-refractivity contribution in [1.29, 1.82) is 0 Å². The third kappa shape index (κ3) is 1.76. The molecule has 0 fully saturated rings. The molecule has 1 aliphatic rings. The van der Waals surface area contributed by atoms with E-state index in [2.05, 4.69) is 18.2 Å². The van der Waals surface area contributed by atoms with E-state index in [4.69, 9.17) is 0 Å². The van der Waals surface area contributed by atoms with E-state index in [0.717, 1.165) is 0 Å². The molecule has 0 N–H and O–H groups in total. The number of allylic oxidation sites excluding steroid dienone is 4. The Kier molecular flexibility index (Phi) is 2.09. The quantitative estimate of drug-likeness (QED) is 0.590. The Morgan fingerprint density at radius 3 is 2.71 bits per heavy atom. The average Bonchev–Trinajstić information content (AvgIpc) is 1.69. The Morgan fingerprint density at radius 2 is 2.43 bits per heavy atom. The second-order valence-electron chi connectivity index (χ2n) is 1.66. The molecule has 0 atom stereocenters. The van der Waals surface area contributed by atoms with Crippen LogP contribution >= 0.6 is 0 Å². The van der Waals surface area contributed by atoms with Gasteiger partial charge in [-0.15, -0.1) is 0 Å². The zero-order valence-electron chi connectivity index (χ0n) is 4.15. The molecule has 0 bridgehead atoms. The molecule has 0 amide bonds. The van der Waals surface area contributed by atoms with Crippen molar-refractivity contribution in [2.75, 3.05) is 0 Å². The van der Waals surface area contributed by atoms with Crippen LogP contribution in [0.2, 0.25) is 0 Å². The van der Waals surface area contributed by atoms with Gasteiger partial charge in [0.15, 0.2) is 0 Å². The van der Waals surface area contributed by atoms with Gasteiger partial charge in [-0.05, 0) is 0 Å². The van der Waals surface area contributed by atoms with Crippen molar-refractivity contribution in [3.8, 4) is 0 Å². The van der Waals surface area contributed by atoms with Crippen LogP contribution in [0.25, 0.3) is 0 Å². The van der Waals surface area contributed by atoms with Crippen molar-refractivity contribution in [3.63, 3.8) is 0 Å². The molecule has 0 saturated heterocycles. The predicted molar refractivity (Wildman–Crippen MR) is 32.2 cm³/mol. The van der Waals surface area contributed by atoms with E-state index in [1.54, 1.807) is 3.13 Å². The molecule has 0 aromatic rings. The molecule has 35 valence electrons. The molecule has 7 heavy (non-hydrogen) atoms. The first-order valence-electron chi connectivity index (χ1n) is 2.47. The topological polar surface area (TPSA) is 0 Å². The summed E-state index contributed by atoms with van der Waals surface area (Å²) < 4.78 is 1.64. The predicted octanol–water partition coefficient (Wildman–Crippen LogP) is 1.39. The van der Waals surface area contributed by atoms with Crippen LogP contribution < -0.4 is 0 Å². The van der Waals surface area contributed by atoms with Crippen molar-refractivity contribution in [2.45, 2.75) is 12.8 Å². The minimum absolute atomic E-state index is 1.26. The Hall–Kier alpha value is 0.402. The fraction of sp³-hybridized carbons (Fsp3) is 0.333. The van der Waals surface area contributed by atoms with E-state index in [1.165, 1.54) is 38.6 Å². The van der Waals surface area contributed by atoms with Crippen LogP contribution in [0.15, 0.2) is 21.4 Å². The number of rotatable bonds is 0. The molecule has 1 rings (SSSR count). The zero-order chi connectivity index (χ0) is 5.11. The minimum atomic E-state index is 1.26. The van der Waals surface area contributed by atoms with Crippen LogP contribution in [0.5, 0.6) is 0 Å². The summed E-state index contributed by atoms with van der Waals surface area (Å²) in [5.41, 5.74) is 0. The maximum absolute atomic E-state index is 2.23. The summed E-state index contributed by atoms with van der Waals surface area (Å²) in [5.74, 6) is 0. The van der Waals surface area contributed by atoms with Crippen molar-refractivity contribution in [3.05, 3.63) is 21.4 Å². The standard InChI is InChI=1S/C6H7.Pb/c1-2-4-6-5-3-1;/h1-3H,4,6H2;. The molecule has 0 unspecified atom stereocenters. The van der Waals surface area contributed by atoms with Gasteiger partial charge in [0.1, 0.15) is 0 Å². The first kappa shape index (κ1) is 5.54. The van der Waals surface area contributed by atoms with E-state index in [-0.39, 0.29) is 0 Å². The molecule has 0 aliphatic heterocycles. The first-order valence-corrected chi connectivity index (χ1v) is 4.41. The third-order valence-corrected chi connectivity index (χ3v) is 2.63. The van der Waals surface area contributed by atoms with Gasteiger partial charge in [0.05, 0.1) is 0 Å². The van der Waals surface area contributed by atoms with Crippen LogP contribution in [0.1, 0.15) is 12.8 Å². The van der Waals surface area contributed by atoms with Crippen molar-refractivity contribution < 1.29 is 0 Å². The summed E-state index contributed by atoms with van der Waals surface area (Å²) in [6.45, 7) is 0. The summed E-state index contributed by atoms with van der Waals surface area (Å²) >= 11 is 1.26. The second kappa shape index (κ2) is 2.65. The third-order valence-electron chi connectivity index (χ3n) is 1.01. The molecule has 1 heteroatoms. The zero-order valence-corrected chi connectivity index (χ0v) is 8.03. The normalized spacial score (nSPS) is 19.3. The Labute approximate surface area is 60.0 Å². The number of hydrogen-bond donors (Lipinski definition) is 0. The average molecular weight is 286 g/mol. The van der Waals surface area contributed by atoms with Crippen LogP contribution in [0.3, 0.4) is 0 Å². The fourth-order valence-electron chi connectivity index (χ4n) is 0.603.